The molecular formula is C15H13F3N2OS. The highest BCUT2D eigenvalue weighted by atomic mass is 32.2. The minimum Gasteiger partial charge on any atom is -0.325 e. The van der Waals surface area contributed by atoms with E-state index < -0.39 is 17.0 Å². The Morgan fingerprint density at radius 1 is 1.18 bits per heavy atom. The van der Waals surface area contributed by atoms with E-state index in [0.29, 0.717) is 10.7 Å². The van der Waals surface area contributed by atoms with Gasteiger partial charge in [0.1, 0.15) is 0 Å². The number of nitrogens with zero attached hydrogens (tertiary/aromatic N) is 1. The normalized spacial score (nSPS) is 12.7. The van der Waals surface area contributed by atoms with E-state index >= 15 is 0 Å². The highest BCUT2D eigenvalue weighted by Crippen LogP contribution is 2.30. The number of halogens is 3. The Hall–Kier alpha value is -2.02. The quantitative estimate of drug-likeness (QED) is 0.856. The summed E-state index contributed by atoms with van der Waals surface area (Å²) >= 11 is 1.28. The van der Waals surface area contributed by atoms with Crippen LogP contribution in [0.2, 0.25) is 0 Å². The van der Waals surface area contributed by atoms with Crippen LogP contribution in [0.4, 0.5) is 18.9 Å². The van der Waals surface area contributed by atoms with Gasteiger partial charge in [-0.15, -0.1) is 0 Å². The van der Waals surface area contributed by atoms with Gasteiger partial charge in [0.2, 0.25) is 5.91 Å². The third-order valence-corrected chi connectivity index (χ3v) is 3.83. The van der Waals surface area contributed by atoms with Crippen molar-refractivity contribution in [2.45, 2.75) is 23.4 Å². The number of hydrogen-bond donors (Lipinski definition) is 1. The zero-order valence-corrected chi connectivity index (χ0v) is 12.4. The number of rotatable bonds is 4. The maximum atomic E-state index is 12.5. The third-order valence-electron chi connectivity index (χ3n) is 2.78. The molecule has 1 unspecified atom stereocenters. The zero-order chi connectivity index (χ0) is 16.2. The molecule has 2 aromatic rings. The minimum atomic E-state index is -4.38. The number of thioether (sulfide) groups is 1. The van der Waals surface area contributed by atoms with Crippen molar-refractivity contribution in [2.75, 3.05) is 5.32 Å². The fraction of sp³-hybridized carbons (Fsp3) is 0.200. The molecule has 0 radical (unpaired) electrons. The second-order valence-electron chi connectivity index (χ2n) is 4.49. The van der Waals surface area contributed by atoms with E-state index in [-0.39, 0.29) is 5.91 Å². The van der Waals surface area contributed by atoms with E-state index in [1.165, 1.54) is 23.9 Å². The first-order valence-corrected chi connectivity index (χ1v) is 7.30. The summed E-state index contributed by atoms with van der Waals surface area (Å²) in [5, 5.41) is 2.87. The molecule has 2 rings (SSSR count). The fourth-order valence-electron chi connectivity index (χ4n) is 1.64. The van der Waals surface area contributed by atoms with Crippen molar-refractivity contribution in [2.24, 2.45) is 0 Å². The lowest BCUT2D eigenvalue weighted by Crippen LogP contribution is -2.22. The van der Waals surface area contributed by atoms with Gasteiger partial charge >= 0.3 is 6.18 Å². The van der Waals surface area contributed by atoms with Crippen LogP contribution < -0.4 is 5.32 Å². The Labute approximate surface area is 129 Å². The summed E-state index contributed by atoms with van der Waals surface area (Å²) in [7, 11) is 0. The molecule has 116 valence electrons. The van der Waals surface area contributed by atoms with Gasteiger partial charge in [-0.2, -0.15) is 13.2 Å². The van der Waals surface area contributed by atoms with Gasteiger partial charge in [-0.25, -0.2) is 4.98 Å². The molecular weight excluding hydrogens is 313 g/mol. The Bertz CT molecular complexity index is 629. The number of carbonyl (C=O) groups is 1. The summed E-state index contributed by atoms with van der Waals surface area (Å²) in [5.74, 6) is -0.296. The van der Waals surface area contributed by atoms with Crippen molar-refractivity contribution in [1.29, 1.82) is 0 Å². The molecule has 1 heterocycles. The third kappa shape index (κ3) is 4.49. The summed E-state index contributed by atoms with van der Waals surface area (Å²) in [6, 6.07) is 9.72. The van der Waals surface area contributed by atoms with Crippen molar-refractivity contribution in [1.82, 2.24) is 4.98 Å². The van der Waals surface area contributed by atoms with Crippen molar-refractivity contribution in [3.63, 3.8) is 0 Å². The number of hydrogen-bond acceptors (Lipinski definition) is 3. The largest absolute Gasteiger partial charge is 0.416 e. The van der Waals surface area contributed by atoms with Gasteiger partial charge in [0.05, 0.1) is 15.8 Å². The molecule has 0 aliphatic heterocycles. The monoisotopic (exact) mass is 326 g/mol. The van der Waals surface area contributed by atoms with Crippen LogP contribution >= 0.6 is 11.8 Å². The number of aromatic nitrogens is 1. The summed E-state index contributed by atoms with van der Waals surface area (Å²) in [6.45, 7) is 1.71. The molecule has 1 atom stereocenters. The molecule has 7 heteroatoms. The molecule has 22 heavy (non-hydrogen) atoms. The SMILES string of the molecule is CC(Sc1ccccn1)C(=O)Nc1ccc(C(F)(F)F)cc1. The number of carbonyl (C=O) groups excluding carboxylic acids is 1. The summed E-state index contributed by atoms with van der Waals surface area (Å²) in [6.07, 6.45) is -2.76. The summed E-state index contributed by atoms with van der Waals surface area (Å²) in [5.41, 5.74) is -0.423. The van der Waals surface area contributed by atoms with Crippen LogP contribution in [-0.4, -0.2) is 16.1 Å². The summed E-state index contributed by atoms with van der Waals surface area (Å²) < 4.78 is 37.4. The fourth-order valence-corrected chi connectivity index (χ4v) is 2.44. The van der Waals surface area contributed by atoms with Crippen LogP contribution in [0.5, 0.6) is 0 Å². The van der Waals surface area contributed by atoms with Gasteiger partial charge in [-0.1, -0.05) is 17.8 Å². The standard InChI is InChI=1S/C15H13F3N2OS/c1-10(22-13-4-2-3-9-19-13)14(21)20-12-7-5-11(6-8-12)15(16,17)18/h2-10H,1H3,(H,20,21). The summed E-state index contributed by atoms with van der Waals surface area (Å²) in [4.78, 5) is 16.1. The van der Waals surface area contributed by atoms with Gasteiger partial charge in [0, 0.05) is 11.9 Å². The van der Waals surface area contributed by atoms with Crippen LogP contribution in [0.3, 0.4) is 0 Å². The number of pyridine rings is 1. The van der Waals surface area contributed by atoms with Crippen molar-refractivity contribution < 1.29 is 18.0 Å². The Morgan fingerprint density at radius 3 is 2.41 bits per heavy atom. The van der Waals surface area contributed by atoms with Crippen molar-refractivity contribution in [3.05, 3.63) is 54.2 Å². The van der Waals surface area contributed by atoms with Gasteiger partial charge < -0.3 is 5.32 Å². The molecule has 0 saturated heterocycles. The average Bonchev–Trinajstić information content (AvgIpc) is 2.48. The maximum absolute atomic E-state index is 12.5. The molecule has 1 aromatic heterocycles. The molecule has 0 spiro atoms. The number of nitrogens with one attached hydrogen (secondary N) is 1. The second kappa shape index (κ2) is 6.83. The van der Waals surface area contributed by atoms with Gasteiger partial charge in [-0.05, 0) is 43.3 Å². The first-order valence-electron chi connectivity index (χ1n) is 6.42. The highest BCUT2D eigenvalue weighted by Gasteiger charge is 2.30. The number of alkyl halides is 3. The molecule has 1 aromatic carbocycles. The minimum absolute atomic E-state index is 0.296. The van der Waals surface area contributed by atoms with Crippen LogP contribution in [0, 0.1) is 0 Å². The Kier molecular flexibility index (Phi) is 5.07. The molecule has 1 N–H and O–H groups in total. The predicted octanol–water partition coefficient (Wildman–Crippen LogP) is 4.22. The molecule has 0 bridgehead atoms. The van der Waals surface area contributed by atoms with E-state index in [4.69, 9.17) is 0 Å². The van der Waals surface area contributed by atoms with Crippen LogP contribution in [0.15, 0.2) is 53.7 Å². The molecule has 0 saturated carbocycles. The van der Waals surface area contributed by atoms with Crippen molar-refractivity contribution in [3.8, 4) is 0 Å². The molecule has 0 aliphatic carbocycles. The van der Waals surface area contributed by atoms with Crippen molar-refractivity contribution >= 4 is 23.4 Å². The lowest BCUT2D eigenvalue weighted by Gasteiger charge is -2.12. The average molecular weight is 326 g/mol. The topological polar surface area (TPSA) is 42.0 Å². The second-order valence-corrected chi connectivity index (χ2v) is 5.85. The Morgan fingerprint density at radius 2 is 1.86 bits per heavy atom. The number of anilines is 1. The van der Waals surface area contributed by atoms with Gasteiger partial charge in [0.25, 0.3) is 0 Å². The predicted molar refractivity (Wildman–Crippen MR) is 79.6 cm³/mol. The van der Waals surface area contributed by atoms with E-state index in [1.54, 1.807) is 25.3 Å². The maximum Gasteiger partial charge on any atom is 0.416 e. The number of benzene rings is 1. The van der Waals surface area contributed by atoms with Gasteiger partial charge in [-0.3, -0.25) is 4.79 Å². The van der Waals surface area contributed by atoms with E-state index in [0.717, 1.165) is 12.1 Å². The molecule has 0 aliphatic rings. The first-order chi connectivity index (χ1) is 10.4. The lowest BCUT2D eigenvalue weighted by atomic mass is 10.2. The van der Waals surface area contributed by atoms with E-state index in [9.17, 15) is 18.0 Å². The highest BCUT2D eigenvalue weighted by molar-refractivity contribution is 8.00. The molecule has 3 nitrogen and oxygen atoms in total. The van der Waals surface area contributed by atoms with Crippen LogP contribution in [0.1, 0.15) is 12.5 Å². The lowest BCUT2D eigenvalue weighted by molar-refractivity contribution is -0.137. The Balaban J connectivity index is 1.96. The molecule has 1 amide bonds. The first kappa shape index (κ1) is 16.4. The van der Waals surface area contributed by atoms with Gasteiger partial charge in [0.15, 0.2) is 0 Å². The zero-order valence-electron chi connectivity index (χ0n) is 11.6. The smallest absolute Gasteiger partial charge is 0.325 e. The number of amides is 1. The van der Waals surface area contributed by atoms with Crippen LogP contribution in [0.25, 0.3) is 0 Å². The van der Waals surface area contributed by atoms with E-state index in [1.807, 2.05) is 6.07 Å². The molecule has 0 fully saturated rings. The van der Waals surface area contributed by atoms with Crippen LogP contribution in [-0.2, 0) is 11.0 Å². The van der Waals surface area contributed by atoms with E-state index in [2.05, 4.69) is 10.3 Å².